The van der Waals surface area contributed by atoms with Crippen LogP contribution in [0.4, 0.5) is 46.5 Å². The highest BCUT2D eigenvalue weighted by Crippen LogP contribution is 2.57. The molecule has 6 aromatic rings. The lowest BCUT2D eigenvalue weighted by Crippen LogP contribution is -2.59. The maximum absolute atomic E-state index is 5.78. The second-order valence-corrected chi connectivity index (χ2v) is 34.0. The number of benzene rings is 2. The fraction of sp³-hybridized carbons (Fsp3) is 0.600. The highest BCUT2D eigenvalue weighted by molar-refractivity contribution is 5.92. The van der Waals surface area contributed by atoms with Gasteiger partial charge in [0.05, 0.1) is 68.3 Å². The van der Waals surface area contributed by atoms with Gasteiger partial charge in [-0.05, 0) is 70.5 Å². The molecule has 0 saturated heterocycles. The summed E-state index contributed by atoms with van der Waals surface area (Å²) in [5.74, 6) is 2.29. The van der Waals surface area contributed by atoms with Crippen molar-refractivity contribution in [3.63, 3.8) is 0 Å². The van der Waals surface area contributed by atoms with E-state index in [0.29, 0.717) is 23.8 Å². The molecule has 0 amide bonds. The van der Waals surface area contributed by atoms with Gasteiger partial charge in [-0.2, -0.15) is 0 Å². The van der Waals surface area contributed by atoms with Crippen LogP contribution in [0.25, 0.3) is 0 Å². The molecule has 2 atom stereocenters. The molecule has 0 N–H and O–H groups in total. The first-order chi connectivity index (χ1) is 37.0. The van der Waals surface area contributed by atoms with Gasteiger partial charge in [0.1, 0.15) is 0 Å². The van der Waals surface area contributed by atoms with Gasteiger partial charge in [-0.15, -0.1) is 0 Å². The van der Waals surface area contributed by atoms with E-state index in [1.54, 1.807) is 0 Å². The van der Waals surface area contributed by atoms with Gasteiger partial charge in [-0.1, -0.05) is 220 Å². The van der Waals surface area contributed by atoms with Crippen molar-refractivity contribution in [2.75, 3.05) is 19.6 Å². The average Bonchev–Trinajstić information content (AvgIpc) is 1.75. The van der Waals surface area contributed by atoms with Crippen molar-refractivity contribution < 1.29 is 0 Å². The zero-order chi connectivity index (χ0) is 61.6. The van der Waals surface area contributed by atoms with Crippen LogP contribution in [0, 0.1) is 0 Å². The molecule has 2 aliphatic heterocycles. The Morgan fingerprint density at radius 2 is 0.390 bits per heavy atom. The molecular formula is C70H102N12. The van der Waals surface area contributed by atoms with Crippen LogP contribution in [0.15, 0.2) is 60.7 Å². The fourth-order valence-electron chi connectivity index (χ4n) is 10.3. The third-order valence-corrected chi connectivity index (χ3v) is 15.9. The Labute approximate surface area is 495 Å². The van der Waals surface area contributed by atoms with Crippen molar-refractivity contribution in [3.05, 3.63) is 117 Å². The monoisotopic (exact) mass is 1110 g/mol. The predicted octanol–water partition coefficient (Wildman–Crippen LogP) is 17.8. The molecular weight excluding hydrogens is 1010 g/mol. The van der Waals surface area contributed by atoms with Crippen LogP contribution in [0.5, 0.6) is 0 Å². The van der Waals surface area contributed by atoms with Crippen molar-refractivity contribution in [1.29, 1.82) is 0 Å². The number of hydrogen-bond acceptors (Lipinski definition) is 12. The molecule has 0 saturated carbocycles. The quantitative estimate of drug-likeness (QED) is 0.164. The normalized spacial score (nSPS) is 17.0. The van der Waals surface area contributed by atoms with E-state index in [1.807, 2.05) is 0 Å². The summed E-state index contributed by atoms with van der Waals surface area (Å²) in [5, 5.41) is 0. The zero-order valence-electron chi connectivity index (χ0n) is 56.3. The minimum Gasteiger partial charge on any atom is -0.283 e. The van der Waals surface area contributed by atoms with E-state index in [1.165, 1.54) is 11.1 Å². The topological polar surface area (TPSA) is 116 Å². The molecule has 4 aromatic heterocycles. The lowest BCUT2D eigenvalue weighted by molar-refractivity contribution is 0.495. The second-order valence-electron chi connectivity index (χ2n) is 34.0. The van der Waals surface area contributed by atoms with E-state index in [4.69, 9.17) is 39.9 Å². The van der Waals surface area contributed by atoms with Gasteiger partial charge in [-0.3, -0.25) is 19.6 Å². The molecule has 0 radical (unpaired) electrons. The molecule has 12 nitrogen and oxygen atoms in total. The van der Waals surface area contributed by atoms with Crippen LogP contribution < -0.4 is 19.6 Å². The third-order valence-electron chi connectivity index (χ3n) is 15.9. The SMILES string of the molecule is CC(C)(C)c1ccc2c(c1)N(c1nc(C(C)(C)C)cc(C(C)(C)C)n1)C(C1N(c3nc(C(C)(C)C)cc(C(C)(C)C)n3)c3ccc(C(C)(C)C)cc3N1c1nc(C(C)(C)C)cc(C(C)(C)C)n1)N2c1nc(C(C)(C)C)cc(C(C)(C)C)n1. The Morgan fingerprint density at radius 1 is 0.220 bits per heavy atom. The van der Waals surface area contributed by atoms with E-state index in [9.17, 15) is 0 Å². The first-order valence-corrected chi connectivity index (χ1v) is 30.0. The fourth-order valence-corrected chi connectivity index (χ4v) is 10.3. The van der Waals surface area contributed by atoms with Gasteiger partial charge in [0, 0.05) is 43.3 Å². The Balaban J connectivity index is 1.69. The summed E-state index contributed by atoms with van der Waals surface area (Å²) in [6.45, 7) is 67.5. The Morgan fingerprint density at radius 3 is 0.549 bits per heavy atom. The summed E-state index contributed by atoms with van der Waals surface area (Å²) in [6, 6.07) is 22.7. The molecule has 12 heteroatoms. The van der Waals surface area contributed by atoms with Gasteiger partial charge in [0.15, 0.2) is 12.3 Å². The van der Waals surface area contributed by atoms with Crippen LogP contribution in [-0.4, -0.2) is 52.2 Å². The maximum Gasteiger partial charge on any atom is 0.232 e. The summed E-state index contributed by atoms with van der Waals surface area (Å²) in [7, 11) is 0. The van der Waals surface area contributed by atoms with Crippen molar-refractivity contribution in [3.8, 4) is 0 Å². The van der Waals surface area contributed by atoms with Crippen LogP contribution in [0.3, 0.4) is 0 Å². The van der Waals surface area contributed by atoms with Crippen molar-refractivity contribution in [2.45, 2.75) is 274 Å². The zero-order valence-corrected chi connectivity index (χ0v) is 56.3. The summed E-state index contributed by atoms with van der Waals surface area (Å²) < 4.78 is 0. The largest absolute Gasteiger partial charge is 0.283 e. The minimum atomic E-state index is -0.762. The Bertz CT molecular complexity index is 3040. The lowest BCUT2D eigenvalue weighted by Gasteiger charge is -2.43. The number of nitrogens with zero attached hydrogens (tertiary/aromatic N) is 12. The van der Waals surface area contributed by atoms with Gasteiger partial charge >= 0.3 is 0 Å². The van der Waals surface area contributed by atoms with Crippen LogP contribution in [-0.2, 0) is 54.1 Å². The summed E-state index contributed by atoms with van der Waals surface area (Å²) in [6.07, 6.45) is -1.52. The Kier molecular flexibility index (Phi) is 15.0. The summed E-state index contributed by atoms with van der Waals surface area (Å²) >= 11 is 0. The van der Waals surface area contributed by atoms with Crippen LogP contribution in [0.2, 0.25) is 0 Å². The molecule has 82 heavy (non-hydrogen) atoms. The average molecular weight is 1110 g/mol. The minimum absolute atomic E-state index is 0.226. The smallest absolute Gasteiger partial charge is 0.232 e. The van der Waals surface area contributed by atoms with Gasteiger partial charge in [-0.25, -0.2) is 39.9 Å². The molecule has 0 fully saturated rings. The standard InChI is InChI=1S/C70H102N12/c1-61(2,3)41-31-33-43-45(35-41)81(59-75-51(67(19,20)21)39-52(76-59)68(22,23)24)55(79(43)57-71-47(63(7,8)9)37-48(72-57)64(10,11)12)56-80(58-73-49(65(13,14)15)38-50(74-58)66(16,17)18)44-34-32-42(62(4,5)6)36-46(44)82(56)60-77-53(69(25,26)27)40-54(78-60)70(28,29)30/h31-40,55-56H,1-30H3. The highest BCUT2D eigenvalue weighted by atomic mass is 15.6. The molecule has 0 bridgehead atoms. The molecule has 442 valence electrons. The molecule has 2 unspecified atom stereocenters. The van der Waals surface area contributed by atoms with Gasteiger partial charge < -0.3 is 0 Å². The number of hydrogen-bond donors (Lipinski definition) is 0. The molecule has 2 aromatic carbocycles. The molecule has 6 heterocycles. The van der Waals surface area contributed by atoms with E-state index >= 15 is 0 Å². The Hall–Kier alpha value is -6.04. The first kappa shape index (κ1) is 62.0. The number of anilines is 8. The molecule has 0 aliphatic carbocycles. The summed E-state index contributed by atoms with van der Waals surface area (Å²) in [5.41, 5.74) is 10.5. The van der Waals surface area contributed by atoms with Gasteiger partial charge in [0.2, 0.25) is 23.8 Å². The van der Waals surface area contributed by atoms with E-state index < -0.39 is 12.3 Å². The van der Waals surface area contributed by atoms with E-state index in [2.05, 4.69) is 288 Å². The highest BCUT2D eigenvalue weighted by Gasteiger charge is 2.56. The molecule has 0 spiro atoms. The van der Waals surface area contributed by atoms with Gasteiger partial charge in [0.25, 0.3) is 0 Å². The molecule has 8 rings (SSSR count). The van der Waals surface area contributed by atoms with E-state index in [0.717, 1.165) is 68.3 Å². The predicted molar refractivity (Wildman–Crippen MR) is 344 cm³/mol. The lowest BCUT2D eigenvalue weighted by atomic mass is 9.86. The number of aromatic nitrogens is 8. The van der Waals surface area contributed by atoms with E-state index in [-0.39, 0.29) is 54.1 Å². The van der Waals surface area contributed by atoms with Crippen LogP contribution in [0.1, 0.15) is 264 Å². The van der Waals surface area contributed by atoms with Crippen molar-refractivity contribution in [2.24, 2.45) is 0 Å². The van der Waals surface area contributed by atoms with Crippen LogP contribution >= 0.6 is 0 Å². The second kappa shape index (κ2) is 19.8. The number of rotatable bonds is 5. The first-order valence-electron chi connectivity index (χ1n) is 30.0. The van der Waals surface area contributed by atoms with Crippen molar-refractivity contribution >= 4 is 46.5 Å². The maximum atomic E-state index is 5.78. The number of fused-ring (bicyclic) bond motifs is 2. The third kappa shape index (κ3) is 12.2. The molecule has 2 aliphatic rings. The summed E-state index contributed by atoms with van der Waals surface area (Å²) in [4.78, 5) is 55.7. The van der Waals surface area contributed by atoms with Crippen molar-refractivity contribution in [1.82, 2.24) is 39.9 Å².